The summed E-state index contributed by atoms with van der Waals surface area (Å²) in [5.74, 6) is 0.716. The maximum atomic E-state index is 5.04. The summed E-state index contributed by atoms with van der Waals surface area (Å²) in [5.41, 5.74) is 15.5. The molecule has 0 amide bonds. The van der Waals surface area contributed by atoms with Crippen LogP contribution >= 0.6 is 0 Å². The van der Waals surface area contributed by atoms with Crippen molar-refractivity contribution in [2.45, 2.75) is 0 Å². The van der Waals surface area contributed by atoms with Gasteiger partial charge in [0.2, 0.25) is 0 Å². The molecule has 0 spiro atoms. The number of benzene rings is 7. The van der Waals surface area contributed by atoms with Crippen LogP contribution in [0.1, 0.15) is 0 Å². The van der Waals surface area contributed by atoms with E-state index in [0.717, 1.165) is 50.5 Å². The largest absolute Gasteiger partial charge is 0.293 e. The van der Waals surface area contributed by atoms with Crippen LogP contribution in [-0.4, -0.2) is 18.9 Å². The molecule has 0 aliphatic heterocycles. The van der Waals surface area contributed by atoms with Crippen molar-refractivity contribution < 1.29 is 0 Å². The van der Waals surface area contributed by atoms with E-state index in [9.17, 15) is 0 Å². The minimum absolute atomic E-state index is 0.716. The second kappa shape index (κ2) is 12.4. The van der Waals surface area contributed by atoms with E-state index in [1.165, 1.54) is 33.1 Å². The number of imidazole rings is 1. The maximum absolute atomic E-state index is 5.04. The van der Waals surface area contributed by atoms with Crippen LogP contribution in [0.5, 0.6) is 0 Å². The summed E-state index contributed by atoms with van der Waals surface area (Å²) >= 11 is 0. The van der Waals surface area contributed by atoms with Gasteiger partial charge in [0, 0.05) is 33.3 Å². The number of fused-ring (bicyclic) bond motifs is 5. The normalized spacial score (nSPS) is 11.5. The lowest BCUT2D eigenvalue weighted by atomic mass is 9.97. The van der Waals surface area contributed by atoms with Gasteiger partial charge in [-0.05, 0) is 59.2 Å². The Labute approximate surface area is 301 Å². The number of para-hydroxylation sites is 4. The molecule has 10 rings (SSSR count). The van der Waals surface area contributed by atoms with Gasteiger partial charge >= 0.3 is 0 Å². The topological polar surface area (TPSA) is 35.1 Å². The fraction of sp³-hybridized carbons (Fsp3) is 0. The predicted molar refractivity (Wildman–Crippen MR) is 215 cm³/mol. The van der Waals surface area contributed by atoms with Gasteiger partial charge in [-0.15, -0.1) is 0 Å². The number of hydrogen-bond donors (Lipinski definition) is 0. The standard InChI is InChI=1S/C48H32N4/c1-4-15-34(16-5-1)41-32-42(50-47(49-41)36-17-6-2-7-18-36)35-29-27-33(28-30-35)37-19-14-20-38(31-37)46-40-23-10-11-24-43(40)52-45-26-13-12-25-44(45)51(48(46)52)39-21-8-3-9-22-39/h1-32H. The zero-order chi connectivity index (χ0) is 34.4. The van der Waals surface area contributed by atoms with E-state index in [4.69, 9.17) is 9.97 Å². The van der Waals surface area contributed by atoms with Crippen molar-refractivity contribution in [3.8, 4) is 61.8 Å². The van der Waals surface area contributed by atoms with E-state index in [-0.39, 0.29) is 0 Å². The average molecular weight is 665 g/mol. The Morgan fingerprint density at radius 2 is 0.865 bits per heavy atom. The van der Waals surface area contributed by atoms with Crippen molar-refractivity contribution in [2.24, 2.45) is 0 Å². The molecule has 3 aromatic heterocycles. The minimum atomic E-state index is 0.716. The van der Waals surface area contributed by atoms with E-state index in [2.05, 4.69) is 167 Å². The molecule has 10 aromatic rings. The Kier molecular flexibility index (Phi) is 7.10. The molecular weight excluding hydrogens is 633 g/mol. The molecule has 0 radical (unpaired) electrons. The monoisotopic (exact) mass is 664 g/mol. The van der Waals surface area contributed by atoms with E-state index in [0.29, 0.717) is 5.82 Å². The van der Waals surface area contributed by atoms with Crippen LogP contribution in [0.4, 0.5) is 0 Å². The summed E-state index contributed by atoms with van der Waals surface area (Å²) in [6.07, 6.45) is 0. The van der Waals surface area contributed by atoms with Crippen molar-refractivity contribution in [2.75, 3.05) is 0 Å². The van der Waals surface area contributed by atoms with Crippen LogP contribution in [0, 0.1) is 0 Å². The molecule has 0 saturated carbocycles. The molecule has 7 aromatic carbocycles. The van der Waals surface area contributed by atoms with Crippen LogP contribution in [0.15, 0.2) is 194 Å². The van der Waals surface area contributed by atoms with Crippen molar-refractivity contribution in [1.29, 1.82) is 0 Å². The molecular formula is C48H32N4. The van der Waals surface area contributed by atoms with Gasteiger partial charge in [0.15, 0.2) is 5.82 Å². The van der Waals surface area contributed by atoms with E-state index in [1.54, 1.807) is 0 Å². The molecule has 0 aliphatic carbocycles. The first-order valence-electron chi connectivity index (χ1n) is 17.6. The molecule has 0 N–H and O–H groups in total. The summed E-state index contributed by atoms with van der Waals surface area (Å²) in [5, 5.41) is 1.23. The van der Waals surface area contributed by atoms with Crippen molar-refractivity contribution >= 4 is 27.6 Å². The number of nitrogens with zero attached hydrogens (tertiary/aromatic N) is 4. The Hall–Kier alpha value is -7.04. The Balaban J connectivity index is 1.10. The second-order valence-electron chi connectivity index (χ2n) is 13.1. The second-order valence-corrected chi connectivity index (χ2v) is 13.1. The van der Waals surface area contributed by atoms with Gasteiger partial charge in [-0.1, -0.05) is 152 Å². The highest BCUT2D eigenvalue weighted by Crippen LogP contribution is 2.41. The van der Waals surface area contributed by atoms with Crippen molar-refractivity contribution in [3.63, 3.8) is 0 Å². The van der Waals surface area contributed by atoms with Crippen LogP contribution < -0.4 is 0 Å². The van der Waals surface area contributed by atoms with Gasteiger partial charge in [0.25, 0.3) is 0 Å². The van der Waals surface area contributed by atoms with Gasteiger partial charge in [-0.25, -0.2) is 9.97 Å². The highest BCUT2D eigenvalue weighted by atomic mass is 15.1. The van der Waals surface area contributed by atoms with E-state index >= 15 is 0 Å². The highest BCUT2D eigenvalue weighted by Gasteiger charge is 2.22. The van der Waals surface area contributed by atoms with Crippen LogP contribution in [-0.2, 0) is 0 Å². The van der Waals surface area contributed by atoms with Gasteiger partial charge in [0.1, 0.15) is 5.65 Å². The summed E-state index contributed by atoms with van der Waals surface area (Å²) in [6, 6.07) is 68.4. The first kappa shape index (κ1) is 29.8. The molecule has 3 heterocycles. The summed E-state index contributed by atoms with van der Waals surface area (Å²) in [6.45, 7) is 0. The lowest BCUT2D eigenvalue weighted by Gasteiger charge is -2.11. The van der Waals surface area contributed by atoms with E-state index in [1.807, 2.05) is 36.4 Å². The zero-order valence-electron chi connectivity index (χ0n) is 28.3. The third-order valence-electron chi connectivity index (χ3n) is 9.93. The van der Waals surface area contributed by atoms with Crippen LogP contribution in [0.3, 0.4) is 0 Å². The third kappa shape index (κ3) is 5.00. The SMILES string of the molecule is c1ccc(-c2cc(-c3ccc(-c4cccc(-c5c6ccccc6n6c7ccccc7n(-c7ccccc7)c56)c4)cc3)nc(-c3ccccc3)n2)cc1. The molecule has 0 bridgehead atoms. The van der Waals surface area contributed by atoms with Gasteiger partial charge in [-0.2, -0.15) is 0 Å². The smallest absolute Gasteiger partial charge is 0.160 e. The van der Waals surface area contributed by atoms with Gasteiger partial charge < -0.3 is 0 Å². The molecule has 0 saturated heterocycles. The molecule has 52 heavy (non-hydrogen) atoms. The first-order chi connectivity index (χ1) is 25.8. The highest BCUT2D eigenvalue weighted by molar-refractivity contribution is 6.09. The average Bonchev–Trinajstić information content (AvgIpc) is 3.74. The Morgan fingerprint density at radius 1 is 0.346 bits per heavy atom. The fourth-order valence-corrected chi connectivity index (χ4v) is 7.52. The maximum Gasteiger partial charge on any atom is 0.160 e. The Morgan fingerprint density at radius 3 is 1.58 bits per heavy atom. The van der Waals surface area contributed by atoms with Gasteiger partial charge in [0.05, 0.1) is 27.9 Å². The third-order valence-corrected chi connectivity index (χ3v) is 9.93. The fourth-order valence-electron chi connectivity index (χ4n) is 7.52. The quantitative estimate of drug-likeness (QED) is 0.177. The van der Waals surface area contributed by atoms with Crippen LogP contribution in [0.2, 0.25) is 0 Å². The molecule has 0 atom stereocenters. The summed E-state index contributed by atoms with van der Waals surface area (Å²) in [4.78, 5) is 10.0. The summed E-state index contributed by atoms with van der Waals surface area (Å²) in [7, 11) is 0. The number of rotatable bonds is 6. The summed E-state index contributed by atoms with van der Waals surface area (Å²) < 4.78 is 4.82. The minimum Gasteiger partial charge on any atom is -0.293 e. The molecule has 0 fully saturated rings. The lowest BCUT2D eigenvalue weighted by Crippen LogP contribution is -1.96. The first-order valence-corrected chi connectivity index (χ1v) is 17.6. The molecule has 0 unspecified atom stereocenters. The van der Waals surface area contributed by atoms with Crippen molar-refractivity contribution in [1.82, 2.24) is 18.9 Å². The van der Waals surface area contributed by atoms with Gasteiger partial charge in [-0.3, -0.25) is 8.97 Å². The van der Waals surface area contributed by atoms with Crippen molar-refractivity contribution in [3.05, 3.63) is 194 Å². The lowest BCUT2D eigenvalue weighted by molar-refractivity contribution is 1.15. The molecule has 4 nitrogen and oxygen atoms in total. The van der Waals surface area contributed by atoms with Crippen LogP contribution in [0.25, 0.3) is 89.4 Å². The number of aromatic nitrogens is 4. The predicted octanol–water partition coefficient (Wildman–Crippen LogP) is 12.2. The van der Waals surface area contributed by atoms with E-state index < -0.39 is 0 Å². The number of hydrogen-bond acceptors (Lipinski definition) is 2. The Bertz CT molecular complexity index is 2810. The molecule has 4 heteroatoms. The molecule has 244 valence electrons. The zero-order valence-corrected chi connectivity index (χ0v) is 28.3. The molecule has 0 aliphatic rings.